The van der Waals surface area contributed by atoms with Crippen molar-refractivity contribution in [1.29, 1.82) is 0 Å². The highest BCUT2D eigenvalue weighted by Crippen LogP contribution is 2.27. The van der Waals surface area contributed by atoms with Crippen LogP contribution in [0.25, 0.3) is 0 Å². The van der Waals surface area contributed by atoms with Gasteiger partial charge >= 0.3 is 5.97 Å². The predicted octanol–water partition coefficient (Wildman–Crippen LogP) is 3.57. The zero-order valence-corrected chi connectivity index (χ0v) is 16.5. The summed E-state index contributed by atoms with van der Waals surface area (Å²) in [5.41, 5.74) is 2.10. The smallest absolute Gasteiger partial charge is 0.314 e. The Kier molecular flexibility index (Phi) is 8.14. The highest BCUT2D eigenvalue weighted by Gasteiger charge is 2.27. The Balaban J connectivity index is 2.01. The number of hydrogen-bond acceptors (Lipinski definition) is 5. The van der Waals surface area contributed by atoms with Crippen LogP contribution < -0.4 is 14.8 Å². The second kappa shape index (κ2) is 10.6. The second-order valence-electron chi connectivity index (χ2n) is 6.32. The fraction of sp³-hybridized carbons (Fsp3) is 0.409. The Labute approximate surface area is 161 Å². The number of rotatable bonds is 10. The van der Waals surface area contributed by atoms with Crippen LogP contribution in [0.1, 0.15) is 30.9 Å². The third-order valence-electron chi connectivity index (χ3n) is 4.53. The predicted molar refractivity (Wildman–Crippen MR) is 107 cm³/mol. The molecule has 2 atom stereocenters. The van der Waals surface area contributed by atoms with Gasteiger partial charge in [0.1, 0.15) is 0 Å². The van der Waals surface area contributed by atoms with Gasteiger partial charge in [-0.25, -0.2) is 0 Å². The zero-order chi connectivity index (χ0) is 19.6. The lowest BCUT2D eigenvalue weighted by molar-refractivity contribution is -0.145. The van der Waals surface area contributed by atoms with Gasteiger partial charge in [-0.15, -0.1) is 0 Å². The molecule has 0 aliphatic heterocycles. The summed E-state index contributed by atoms with van der Waals surface area (Å²) in [6, 6.07) is 15.6. The number of carbonyl (C=O) groups is 1. The van der Waals surface area contributed by atoms with Crippen LogP contribution in [0.4, 0.5) is 0 Å². The van der Waals surface area contributed by atoms with E-state index in [4.69, 9.17) is 14.2 Å². The summed E-state index contributed by atoms with van der Waals surface area (Å²) in [7, 11) is 3.26. The molecule has 0 aliphatic rings. The van der Waals surface area contributed by atoms with Crippen molar-refractivity contribution in [3.63, 3.8) is 0 Å². The quantitative estimate of drug-likeness (QED) is 0.647. The number of ether oxygens (including phenoxy) is 3. The number of methoxy groups -OCH3 is 2. The Morgan fingerprint density at radius 3 is 2.37 bits per heavy atom. The molecule has 0 saturated heterocycles. The van der Waals surface area contributed by atoms with Gasteiger partial charge in [0.2, 0.25) is 0 Å². The molecule has 5 heteroatoms. The van der Waals surface area contributed by atoms with Gasteiger partial charge in [-0.3, -0.25) is 4.79 Å². The normalized spacial score (nSPS) is 12.9. The van der Waals surface area contributed by atoms with E-state index in [2.05, 4.69) is 5.32 Å². The van der Waals surface area contributed by atoms with E-state index in [-0.39, 0.29) is 17.9 Å². The number of hydrogen-bond donors (Lipinski definition) is 1. The van der Waals surface area contributed by atoms with Crippen molar-refractivity contribution in [1.82, 2.24) is 5.32 Å². The van der Waals surface area contributed by atoms with E-state index in [1.165, 1.54) is 0 Å². The summed E-state index contributed by atoms with van der Waals surface area (Å²) in [6.07, 6.45) is 0.815. The van der Waals surface area contributed by atoms with Gasteiger partial charge in [-0.2, -0.15) is 0 Å². The van der Waals surface area contributed by atoms with E-state index in [0.29, 0.717) is 12.4 Å². The maximum atomic E-state index is 12.5. The molecule has 1 N–H and O–H groups in total. The van der Waals surface area contributed by atoms with Gasteiger partial charge in [0.05, 0.1) is 26.7 Å². The fourth-order valence-electron chi connectivity index (χ4n) is 3.12. The summed E-state index contributed by atoms with van der Waals surface area (Å²) < 4.78 is 15.9. The Morgan fingerprint density at radius 1 is 1.04 bits per heavy atom. The number of esters is 1. The number of nitrogens with one attached hydrogen (secondary N) is 1. The molecule has 27 heavy (non-hydrogen) atoms. The second-order valence-corrected chi connectivity index (χ2v) is 6.32. The van der Waals surface area contributed by atoms with Crippen LogP contribution in [0, 0.1) is 0 Å². The van der Waals surface area contributed by atoms with Crippen LogP contribution in [0.5, 0.6) is 11.5 Å². The SMILES string of the molecule is CCOC(=O)C(c1ccccc1)C(C)NCCc1ccc(OC)c(OC)c1. The summed E-state index contributed by atoms with van der Waals surface area (Å²) in [5.74, 6) is 0.900. The highest BCUT2D eigenvalue weighted by molar-refractivity contribution is 5.79. The molecule has 2 aromatic rings. The highest BCUT2D eigenvalue weighted by atomic mass is 16.5. The van der Waals surface area contributed by atoms with E-state index >= 15 is 0 Å². The lowest BCUT2D eigenvalue weighted by atomic mass is 9.92. The van der Waals surface area contributed by atoms with Crippen LogP contribution >= 0.6 is 0 Å². The van der Waals surface area contributed by atoms with Gasteiger partial charge in [-0.05, 0) is 50.1 Å². The van der Waals surface area contributed by atoms with Gasteiger partial charge < -0.3 is 19.5 Å². The molecule has 0 saturated carbocycles. The minimum atomic E-state index is -0.337. The Bertz CT molecular complexity index is 718. The summed E-state index contributed by atoms with van der Waals surface area (Å²) in [5, 5.41) is 3.46. The molecule has 0 amide bonds. The van der Waals surface area contributed by atoms with Gasteiger partial charge in [-0.1, -0.05) is 36.4 Å². The molecule has 2 rings (SSSR count). The summed E-state index contributed by atoms with van der Waals surface area (Å²) in [4.78, 5) is 12.5. The Hall–Kier alpha value is -2.53. The van der Waals surface area contributed by atoms with Crippen molar-refractivity contribution in [2.75, 3.05) is 27.4 Å². The third-order valence-corrected chi connectivity index (χ3v) is 4.53. The van der Waals surface area contributed by atoms with Gasteiger partial charge in [0, 0.05) is 6.04 Å². The third kappa shape index (κ3) is 5.73. The molecule has 2 unspecified atom stereocenters. The molecular weight excluding hydrogens is 342 g/mol. The maximum Gasteiger partial charge on any atom is 0.314 e. The molecule has 0 radical (unpaired) electrons. The Morgan fingerprint density at radius 2 is 1.74 bits per heavy atom. The summed E-state index contributed by atoms with van der Waals surface area (Å²) in [6.45, 7) is 4.96. The van der Waals surface area contributed by atoms with Gasteiger partial charge in [0.25, 0.3) is 0 Å². The monoisotopic (exact) mass is 371 g/mol. The lowest BCUT2D eigenvalue weighted by Gasteiger charge is -2.24. The molecule has 146 valence electrons. The van der Waals surface area contributed by atoms with Crippen LogP contribution in [0.2, 0.25) is 0 Å². The molecule has 0 aromatic heterocycles. The van der Waals surface area contributed by atoms with Crippen LogP contribution in [0.15, 0.2) is 48.5 Å². The van der Waals surface area contributed by atoms with E-state index in [1.807, 2.05) is 62.4 Å². The van der Waals surface area contributed by atoms with Crippen molar-refractivity contribution >= 4 is 5.97 Å². The average molecular weight is 371 g/mol. The summed E-state index contributed by atoms with van der Waals surface area (Å²) >= 11 is 0. The molecule has 2 aromatic carbocycles. The zero-order valence-electron chi connectivity index (χ0n) is 16.5. The minimum Gasteiger partial charge on any atom is -0.493 e. The molecule has 5 nitrogen and oxygen atoms in total. The first-order valence-electron chi connectivity index (χ1n) is 9.26. The standard InChI is InChI=1S/C22H29NO4/c1-5-27-22(24)21(18-9-7-6-8-10-18)16(2)23-14-13-17-11-12-19(25-3)20(15-17)26-4/h6-12,15-16,21,23H,5,13-14H2,1-4H3. The largest absolute Gasteiger partial charge is 0.493 e. The van der Waals surface area contributed by atoms with E-state index in [0.717, 1.165) is 29.8 Å². The van der Waals surface area contributed by atoms with Gasteiger partial charge in [0.15, 0.2) is 11.5 Å². The van der Waals surface area contributed by atoms with Crippen LogP contribution in [0.3, 0.4) is 0 Å². The first-order chi connectivity index (χ1) is 13.1. The van der Waals surface area contributed by atoms with Crippen LogP contribution in [-0.2, 0) is 16.0 Å². The lowest BCUT2D eigenvalue weighted by Crippen LogP contribution is -2.38. The van der Waals surface area contributed by atoms with Crippen molar-refractivity contribution in [3.8, 4) is 11.5 Å². The first-order valence-corrected chi connectivity index (χ1v) is 9.26. The van der Waals surface area contributed by atoms with Crippen LogP contribution in [-0.4, -0.2) is 39.4 Å². The van der Waals surface area contributed by atoms with E-state index in [1.54, 1.807) is 14.2 Å². The molecule has 0 heterocycles. The topological polar surface area (TPSA) is 56.8 Å². The average Bonchev–Trinajstić information content (AvgIpc) is 2.69. The fourth-order valence-corrected chi connectivity index (χ4v) is 3.12. The minimum absolute atomic E-state index is 0.0495. The van der Waals surface area contributed by atoms with Crippen molar-refractivity contribution in [2.24, 2.45) is 0 Å². The van der Waals surface area contributed by atoms with Crippen molar-refractivity contribution in [2.45, 2.75) is 32.2 Å². The van der Waals surface area contributed by atoms with E-state index in [9.17, 15) is 4.79 Å². The number of carbonyl (C=O) groups excluding carboxylic acids is 1. The maximum absolute atomic E-state index is 12.5. The molecular formula is C22H29NO4. The molecule has 0 fully saturated rings. The first kappa shape index (κ1) is 20.8. The van der Waals surface area contributed by atoms with Crippen molar-refractivity contribution in [3.05, 3.63) is 59.7 Å². The molecule has 0 aliphatic carbocycles. The molecule has 0 bridgehead atoms. The van der Waals surface area contributed by atoms with Crippen molar-refractivity contribution < 1.29 is 19.0 Å². The van der Waals surface area contributed by atoms with E-state index < -0.39 is 0 Å². The number of benzene rings is 2. The molecule has 0 spiro atoms.